The van der Waals surface area contributed by atoms with Crippen LogP contribution >= 0.6 is 0 Å². The molecule has 1 aromatic rings. The largest absolute Gasteiger partial charge is 0.427 e. The first-order chi connectivity index (χ1) is 9.88. The Morgan fingerprint density at radius 2 is 1.95 bits per heavy atom. The van der Waals surface area contributed by atoms with E-state index < -0.39 is 23.8 Å². The summed E-state index contributed by atoms with van der Waals surface area (Å²) in [5, 5.41) is 2.31. The molecule has 0 aromatic heterocycles. The van der Waals surface area contributed by atoms with Crippen molar-refractivity contribution >= 4 is 29.9 Å². The first kappa shape index (κ1) is 14.4. The Bertz CT molecular complexity index is 678. The number of ether oxygens (including phenoxy) is 1. The standard InChI is InChI=1S/C14H12N2O5/c1-8(17)16-13(19)12(15-14(16)20)7-10-4-3-5-11(6-10)21-9(2)18/h3-7H,1-2H3,(H,15,20). The van der Waals surface area contributed by atoms with Crippen LogP contribution in [0.2, 0.25) is 0 Å². The molecule has 1 heterocycles. The Labute approximate surface area is 120 Å². The predicted octanol–water partition coefficient (Wildman–Crippen LogP) is 1.05. The summed E-state index contributed by atoms with van der Waals surface area (Å²) in [6, 6.07) is 5.63. The van der Waals surface area contributed by atoms with Gasteiger partial charge in [0.15, 0.2) is 0 Å². The highest BCUT2D eigenvalue weighted by Crippen LogP contribution is 2.18. The highest BCUT2D eigenvalue weighted by atomic mass is 16.5. The molecule has 1 fully saturated rings. The average molecular weight is 288 g/mol. The molecule has 2 rings (SSSR count). The Balaban J connectivity index is 2.28. The van der Waals surface area contributed by atoms with E-state index in [1.165, 1.54) is 19.1 Å². The molecule has 7 nitrogen and oxygen atoms in total. The summed E-state index contributed by atoms with van der Waals surface area (Å²) in [6.07, 6.45) is 1.40. The first-order valence-electron chi connectivity index (χ1n) is 6.04. The fourth-order valence-electron chi connectivity index (χ4n) is 1.82. The van der Waals surface area contributed by atoms with E-state index >= 15 is 0 Å². The van der Waals surface area contributed by atoms with Crippen molar-refractivity contribution in [1.82, 2.24) is 10.2 Å². The van der Waals surface area contributed by atoms with Crippen molar-refractivity contribution in [3.8, 4) is 5.75 Å². The number of nitrogens with one attached hydrogen (secondary N) is 1. The second-order valence-electron chi connectivity index (χ2n) is 4.31. The summed E-state index contributed by atoms with van der Waals surface area (Å²) in [7, 11) is 0. The summed E-state index contributed by atoms with van der Waals surface area (Å²) >= 11 is 0. The molecule has 1 saturated heterocycles. The Kier molecular flexibility index (Phi) is 3.84. The number of carbonyl (C=O) groups excluding carboxylic acids is 4. The Morgan fingerprint density at radius 3 is 2.52 bits per heavy atom. The van der Waals surface area contributed by atoms with Gasteiger partial charge in [0, 0.05) is 13.8 Å². The molecule has 1 aliphatic heterocycles. The zero-order valence-corrected chi connectivity index (χ0v) is 11.4. The predicted molar refractivity (Wildman–Crippen MR) is 71.8 cm³/mol. The van der Waals surface area contributed by atoms with Crippen LogP contribution in [-0.2, 0) is 14.4 Å². The van der Waals surface area contributed by atoms with Crippen molar-refractivity contribution in [1.29, 1.82) is 0 Å². The van der Waals surface area contributed by atoms with Crippen LogP contribution in [0.3, 0.4) is 0 Å². The zero-order valence-electron chi connectivity index (χ0n) is 11.4. The quantitative estimate of drug-likeness (QED) is 0.380. The third kappa shape index (κ3) is 3.14. The molecule has 1 aromatic carbocycles. The number of carbonyl (C=O) groups is 4. The molecule has 0 bridgehead atoms. The smallest absolute Gasteiger partial charge is 0.335 e. The van der Waals surface area contributed by atoms with Crippen LogP contribution < -0.4 is 10.1 Å². The maximum Gasteiger partial charge on any atom is 0.335 e. The Morgan fingerprint density at radius 1 is 1.24 bits per heavy atom. The van der Waals surface area contributed by atoms with E-state index in [0.29, 0.717) is 16.2 Å². The molecule has 0 spiro atoms. The minimum atomic E-state index is -0.783. The third-order valence-corrected chi connectivity index (χ3v) is 2.62. The number of nitrogens with zero attached hydrogens (tertiary/aromatic N) is 1. The van der Waals surface area contributed by atoms with Gasteiger partial charge in [-0.2, -0.15) is 4.90 Å². The van der Waals surface area contributed by atoms with Gasteiger partial charge in [0.2, 0.25) is 5.91 Å². The normalized spacial score (nSPS) is 16.1. The highest BCUT2D eigenvalue weighted by Gasteiger charge is 2.36. The van der Waals surface area contributed by atoms with Crippen molar-refractivity contribution in [2.75, 3.05) is 0 Å². The molecule has 0 radical (unpaired) electrons. The lowest BCUT2D eigenvalue weighted by molar-refractivity contribution is -0.136. The van der Waals surface area contributed by atoms with Gasteiger partial charge in [-0.1, -0.05) is 12.1 Å². The van der Waals surface area contributed by atoms with Crippen molar-refractivity contribution in [2.24, 2.45) is 0 Å². The second kappa shape index (κ2) is 5.58. The van der Waals surface area contributed by atoms with Crippen molar-refractivity contribution in [3.05, 3.63) is 35.5 Å². The topological polar surface area (TPSA) is 92.8 Å². The molecular weight excluding hydrogens is 276 g/mol. The van der Waals surface area contributed by atoms with Crippen molar-refractivity contribution in [2.45, 2.75) is 13.8 Å². The average Bonchev–Trinajstić information content (AvgIpc) is 2.63. The van der Waals surface area contributed by atoms with Crippen LogP contribution in [0.15, 0.2) is 30.0 Å². The molecule has 21 heavy (non-hydrogen) atoms. The van der Waals surface area contributed by atoms with E-state index in [1.807, 2.05) is 0 Å². The molecule has 7 heteroatoms. The molecular formula is C14H12N2O5. The zero-order chi connectivity index (χ0) is 15.6. The van der Waals surface area contributed by atoms with Crippen LogP contribution in [0.1, 0.15) is 19.4 Å². The fourth-order valence-corrected chi connectivity index (χ4v) is 1.82. The SMILES string of the molecule is CC(=O)Oc1cccc(C=C2NC(=O)N(C(C)=O)C2=O)c1. The first-order valence-corrected chi connectivity index (χ1v) is 6.04. The number of amides is 4. The molecule has 1 N–H and O–H groups in total. The lowest BCUT2D eigenvalue weighted by Crippen LogP contribution is -2.34. The minimum Gasteiger partial charge on any atom is -0.427 e. The summed E-state index contributed by atoms with van der Waals surface area (Å²) in [5.41, 5.74) is 0.526. The molecule has 0 saturated carbocycles. The summed E-state index contributed by atoms with van der Waals surface area (Å²) < 4.78 is 4.92. The number of hydrogen-bond donors (Lipinski definition) is 1. The molecule has 0 atom stereocenters. The number of imide groups is 3. The van der Waals surface area contributed by atoms with Gasteiger partial charge in [-0.3, -0.25) is 14.4 Å². The number of urea groups is 1. The third-order valence-electron chi connectivity index (χ3n) is 2.62. The maximum atomic E-state index is 11.9. The van der Waals surface area contributed by atoms with Gasteiger partial charge in [-0.15, -0.1) is 0 Å². The van der Waals surface area contributed by atoms with Gasteiger partial charge in [0.25, 0.3) is 5.91 Å². The number of esters is 1. The lowest BCUT2D eigenvalue weighted by Gasteiger charge is -2.04. The van der Waals surface area contributed by atoms with Gasteiger partial charge < -0.3 is 10.1 Å². The fraction of sp³-hybridized carbons (Fsp3) is 0.143. The molecule has 0 aliphatic carbocycles. The second-order valence-corrected chi connectivity index (χ2v) is 4.31. The van der Waals surface area contributed by atoms with Crippen molar-refractivity contribution < 1.29 is 23.9 Å². The number of rotatable bonds is 2. The van der Waals surface area contributed by atoms with E-state index in [4.69, 9.17) is 4.74 Å². The number of benzene rings is 1. The number of hydrogen-bond acceptors (Lipinski definition) is 5. The molecule has 108 valence electrons. The summed E-state index contributed by atoms with van der Waals surface area (Å²) in [6.45, 7) is 2.40. The summed E-state index contributed by atoms with van der Waals surface area (Å²) in [5.74, 6) is -1.52. The van der Waals surface area contributed by atoms with Gasteiger partial charge in [0.1, 0.15) is 11.4 Å². The summed E-state index contributed by atoms with van der Waals surface area (Å²) in [4.78, 5) is 46.0. The van der Waals surface area contributed by atoms with Crippen LogP contribution in [-0.4, -0.2) is 28.7 Å². The lowest BCUT2D eigenvalue weighted by atomic mass is 10.2. The van der Waals surface area contributed by atoms with E-state index in [-0.39, 0.29) is 5.70 Å². The van der Waals surface area contributed by atoms with E-state index in [0.717, 1.165) is 6.92 Å². The molecule has 1 aliphatic rings. The highest BCUT2D eigenvalue weighted by molar-refractivity contribution is 6.22. The van der Waals surface area contributed by atoms with Gasteiger partial charge in [-0.25, -0.2) is 4.79 Å². The van der Waals surface area contributed by atoms with Gasteiger partial charge in [-0.05, 0) is 23.8 Å². The maximum absolute atomic E-state index is 11.9. The Hall–Kier alpha value is -2.96. The van der Waals surface area contributed by atoms with Crippen LogP contribution in [0, 0.1) is 0 Å². The van der Waals surface area contributed by atoms with Crippen LogP contribution in [0.4, 0.5) is 4.79 Å². The van der Waals surface area contributed by atoms with E-state index in [1.54, 1.807) is 18.2 Å². The molecule has 4 amide bonds. The van der Waals surface area contributed by atoms with Crippen molar-refractivity contribution in [3.63, 3.8) is 0 Å². The molecule has 0 unspecified atom stereocenters. The van der Waals surface area contributed by atoms with Gasteiger partial charge in [0.05, 0.1) is 0 Å². The van der Waals surface area contributed by atoms with Crippen LogP contribution in [0.5, 0.6) is 5.75 Å². The van der Waals surface area contributed by atoms with Crippen LogP contribution in [0.25, 0.3) is 6.08 Å². The van der Waals surface area contributed by atoms with E-state index in [2.05, 4.69) is 5.32 Å². The van der Waals surface area contributed by atoms with E-state index in [9.17, 15) is 19.2 Å². The van der Waals surface area contributed by atoms with Gasteiger partial charge >= 0.3 is 12.0 Å². The monoisotopic (exact) mass is 288 g/mol. The minimum absolute atomic E-state index is 0.0184.